The van der Waals surface area contributed by atoms with Gasteiger partial charge in [-0.05, 0) is 33.3 Å². The number of nitrogens with zero attached hydrogens (tertiary/aromatic N) is 1. The summed E-state index contributed by atoms with van der Waals surface area (Å²) in [5.74, 6) is 0.687. The van der Waals surface area contributed by atoms with Crippen LogP contribution < -0.4 is 0 Å². The lowest BCUT2D eigenvalue weighted by Crippen LogP contribution is -2.39. The highest BCUT2D eigenvalue weighted by atomic mass is 15.2. The lowest BCUT2D eigenvalue weighted by atomic mass is 9.87. The zero-order valence-corrected chi connectivity index (χ0v) is 8.52. The van der Waals surface area contributed by atoms with Crippen LogP contribution in [0.5, 0.6) is 0 Å². The lowest BCUT2D eigenvalue weighted by Gasteiger charge is -2.35. The Morgan fingerprint density at radius 1 is 1.27 bits per heavy atom. The summed E-state index contributed by atoms with van der Waals surface area (Å²) in [6, 6.07) is 0. The van der Waals surface area contributed by atoms with Crippen molar-refractivity contribution >= 4 is 0 Å². The van der Waals surface area contributed by atoms with Crippen LogP contribution in [0.3, 0.4) is 0 Å². The third kappa shape index (κ3) is 0.979. The predicted octanol–water partition coefficient (Wildman–Crippen LogP) is 2.64. The van der Waals surface area contributed by atoms with E-state index in [1.165, 1.54) is 11.3 Å². The van der Waals surface area contributed by atoms with E-state index in [1.807, 2.05) is 0 Å². The van der Waals surface area contributed by atoms with Gasteiger partial charge in [0, 0.05) is 24.2 Å². The molecule has 0 bridgehead atoms. The van der Waals surface area contributed by atoms with Gasteiger partial charge >= 0.3 is 0 Å². The Labute approximate surface area is 70.1 Å². The fraction of sp³-hybridized carbons (Fsp3) is 0.800. The first-order valence-corrected chi connectivity index (χ1v) is 4.30. The van der Waals surface area contributed by atoms with Crippen LogP contribution in [0.25, 0.3) is 0 Å². The lowest BCUT2D eigenvalue weighted by molar-refractivity contribution is 0.188. The predicted molar refractivity (Wildman–Crippen MR) is 49.4 cm³/mol. The molecular formula is C10H19N. The van der Waals surface area contributed by atoms with Crippen LogP contribution in [0.2, 0.25) is 0 Å². The van der Waals surface area contributed by atoms with E-state index in [1.54, 1.807) is 0 Å². The van der Waals surface area contributed by atoms with E-state index in [2.05, 4.69) is 46.6 Å². The summed E-state index contributed by atoms with van der Waals surface area (Å²) in [6.45, 7) is 11.4. The number of rotatable bonds is 0. The average molecular weight is 153 g/mol. The summed E-state index contributed by atoms with van der Waals surface area (Å²) in [5.41, 5.74) is 3.30. The molecule has 0 N–H and O–H groups in total. The maximum Gasteiger partial charge on any atom is 0.0402 e. The molecule has 0 amide bonds. The van der Waals surface area contributed by atoms with Gasteiger partial charge in [-0.1, -0.05) is 6.92 Å². The van der Waals surface area contributed by atoms with E-state index in [9.17, 15) is 0 Å². The first-order chi connectivity index (χ1) is 4.89. The van der Waals surface area contributed by atoms with Crippen LogP contribution >= 0.6 is 0 Å². The molecule has 0 unspecified atom stereocenters. The molecule has 1 rings (SSSR count). The Kier molecular flexibility index (Phi) is 1.78. The van der Waals surface area contributed by atoms with Crippen LogP contribution in [0.15, 0.2) is 11.3 Å². The minimum atomic E-state index is 0.314. The second kappa shape index (κ2) is 2.26. The van der Waals surface area contributed by atoms with Crippen LogP contribution in [0.1, 0.15) is 34.6 Å². The van der Waals surface area contributed by atoms with Crippen LogP contribution in [0.4, 0.5) is 0 Å². The van der Waals surface area contributed by atoms with Crippen molar-refractivity contribution in [3.63, 3.8) is 0 Å². The molecular weight excluding hydrogens is 134 g/mol. The van der Waals surface area contributed by atoms with Crippen LogP contribution in [-0.4, -0.2) is 17.5 Å². The molecule has 0 aliphatic carbocycles. The van der Waals surface area contributed by atoms with Gasteiger partial charge in [0.15, 0.2) is 0 Å². The Morgan fingerprint density at radius 2 is 1.73 bits per heavy atom. The number of hydrogen-bond acceptors (Lipinski definition) is 1. The minimum absolute atomic E-state index is 0.314. The molecule has 1 aliphatic rings. The van der Waals surface area contributed by atoms with Crippen molar-refractivity contribution in [3.8, 4) is 0 Å². The first kappa shape index (κ1) is 8.63. The van der Waals surface area contributed by atoms with Crippen molar-refractivity contribution < 1.29 is 0 Å². The molecule has 1 heteroatoms. The Bertz CT molecular complexity index is 181. The van der Waals surface area contributed by atoms with Gasteiger partial charge in [-0.15, -0.1) is 0 Å². The smallest absolute Gasteiger partial charge is 0.0402 e. The van der Waals surface area contributed by atoms with Crippen molar-refractivity contribution in [1.29, 1.82) is 0 Å². The van der Waals surface area contributed by atoms with Gasteiger partial charge in [0.1, 0.15) is 0 Å². The summed E-state index contributed by atoms with van der Waals surface area (Å²) in [4.78, 5) is 2.38. The molecule has 0 aromatic carbocycles. The third-order valence-corrected chi connectivity index (χ3v) is 3.65. The molecule has 0 saturated heterocycles. The van der Waals surface area contributed by atoms with Gasteiger partial charge in [0.05, 0.1) is 0 Å². The molecule has 0 aromatic rings. The van der Waals surface area contributed by atoms with Crippen LogP contribution in [0, 0.1) is 5.92 Å². The van der Waals surface area contributed by atoms with Gasteiger partial charge in [-0.3, -0.25) is 0 Å². The van der Waals surface area contributed by atoms with Crippen molar-refractivity contribution in [2.24, 2.45) is 5.92 Å². The van der Waals surface area contributed by atoms with Gasteiger partial charge in [0.25, 0.3) is 0 Å². The Hall–Kier alpha value is -0.460. The highest BCUT2D eigenvalue weighted by Gasteiger charge is 2.38. The summed E-state index contributed by atoms with van der Waals surface area (Å²) in [5, 5.41) is 0. The van der Waals surface area contributed by atoms with Crippen molar-refractivity contribution in [3.05, 3.63) is 11.3 Å². The largest absolute Gasteiger partial charge is 0.372 e. The normalized spacial score (nSPS) is 30.0. The first-order valence-electron chi connectivity index (χ1n) is 4.30. The highest BCUT2D eigenvalue weighted by Crippen LogP contribution is 2.39. The Morgan fingerprint density at radius 3 is 1.82 bits per heavy atom. The topological polar surface area (TPSA) is 3.24 Å². The molecule has 1 nitrogen and oxygen atoms in total. The summed E-state index contributed by atoms with van der Waals surface area (Å²) in [7, 11) is 2.18. The maximum absolute atomic E-state index is 2.38. The number of allylic oxidation sites excluding steroid dienone is 1. The standard InChI is InChI=1S/C10H19N/c1-7-8(2)10(4,5)11(6)9(7)3/h8H,1-6H3/t8-/m1/s1. The Balaban J connectivity index is 3.02. The monoisotopic (exact) mass is 153 g/mol. The molecule has 1 aliphatic heterocycles. The van der Waals surface area contributed by atoms with E-state index in [0.29, 0.717) is 11.5 Å². The van der Waals surface area contributed by atoms with Crippen molar-refractivity contribution in [2.45, 2.75) is 40.2 Å². The maximum atomic E-state index is 2.38. The molecule has 0 fully saturated rings. The summed E-state index contributed by atoms with van der Waals surface area (Å²) in [6.07, 6.45) is 0. The molecule has 0 saturated carbocycles. The summed E-state index contributed by atoms with van der Waals surface area (Å²) < 4.78 is 0. The van der Waals surface area contributed by atoms with Crippen molar-refractivity contribution in [1.82, 2.24) is 4.90 Å². The minimum Gasteiger partial charge on any atom is -0.372 e. The zero-order valence-electron chi connectivity index (χ0n) is 8.52. The zero-order chi connectivity index (χ0) is 8.81. The highest BCUT2D eigenvalue weighted by molar-refractivity contribution is 5.24. The van der Waals surface area contributed by atoms with Gasteiger partial charge in [0.2, 0.25) is 0 Å². The van der Waals surface area contributed by atoms with E-state index in [0.717, 1.165) is 0 Å². The molecule has 11 heavy (non-hydrogen) atoms. The molecule has 0 radical (unpaired) electrons. The van der Waals surface area contributed by atoms with E-state index >= 15 is 0 Å². The van der Waals surface area contributed by atoms with E-state index in [-0.39, 0.29) is 0 Å². The van der Waals surface area contributed by atoms with Crippen molar-refractivity contribution in [2.75, 3.05) is 7.05 Å². The molecule has 1 heterocycles. The molecule has 0 spiro atoms. The second-order valence-corrected chi connectivity index (χ2v) is 4.20. The van der Waals surface area contributed by atoms with E-state index < -0.39 is 0 Å². The van der Waals surface area contributed by atoms with Gasteiger partial charge < -0.3 is 4.90 Å². The van der Waals surface area contributed by atoms with Crippen LogP contribution in [-0.2, 0) is 0 Å². The van der Waals surface area contributed by atoms with Gasteiger partial charge in [-0.2, -0.15) is 0 Å². The quantitative estimate of drug-likeness (QED) is 0.517. The third-order valence-electron chi connectivity index (χ3n) is 3.65. The molecule has 64 valence electrons. The summed E-state index contributed by atoms with van der Waals surface area (Å²) >= 11 is 0. The fourth-order valence-corrected chi connectivity index (χ4v) is 1.83. The van der Waals surface area contributed by atoms with E-state index in [4.69, 9.17) is 0 Å². The second-order valence-electron chi connectivity index (χ2n) is 4.20. The molecule has 0 aromatic heterocycles. The SMILES string of the molecule is CC1=C(C)N(C)C(C)(C)[C@@H]1C. The average Bonchev–Trinajstić information content (AvgIpc) is 2.06. The van der Waals surface area contributed by atoms with Gasteiger partial charge in [-0.25, -0.2) is 0 Å². The molecule has 1 atom stereocenters. The number of hydrogen-bond donors (Lipinski definition) is 0. The fourth-order valence-electron chi connectivity index (χ4n) is 1.83.